The molecule has 0 aromatic carbocycles. The van der Waals surface area contributed by atoms with Gasteiger partial charge in [-0.1, -0.05) is 12.2 Å². The third kappa shape index (κ3) is 8.84. The molecule has 0 saturated heterocycles. The number of rotatable bonds is 13. The van der Waals surface area contributed by atoms with Crippen LogP contribution in [-0.2, 0) is 9.59 Å². The van der Waals surface area contributed by atoms with Gasteiger partial charge in [0.1, 0.15) is 0 Å². The number of carbonyl (C=O) groups is 2. The summed E-state index contributed by atoms with van der Waals surface area (Å²) in [6.07, 6.45) is 5.29. The summed E-state index contributed by atoms with van der Waals surface area (Å²) in [7, 11) is 3.90. The van der Waals surface area contributed by atoms with Crippen molar-refractivity contribution < 1.29 is 9.59 Å². The highest BCUT2D eigenvalue weighted by molar-refractivity contribution is 5.81. The van der Waals surface area contributed by atoms with Crippen molar-refractivity contribution in [3.8, 4) is 0 Å². The third-order valence-corrected chi connectivity index (χ3v) is 4.19. The molecule has 2 unspecified atom stereocenters. The molecule has 0 saturated carbocycles. The number of hydrogen-bond acceptors (Lipinski definition) is 4. The SMILES string of the molecule is C=CCNC(=O)C(C)N(C)CCCCN(C)C(C)C(=O)NCC=C. The second-order valence-corrected chi connectivity index (χ2v) is 6.09. The predicted octanol–water partition coefficient (Wildman–Crippen LogP) is 1.01. The molecule has 0 aliphatic heterocycles. The Morgan fingerprint density at radius 3 is 1.50 bits per heavy atom. The van der Waals surface area contributed by atoms with Crippen LogP contribution in [0.1, 0.15) is 26.7 Å². The molecule has 0 radical (unpaired) electrons. The molecular formula is C18H34N4O2. The Labute approximate surface area is 147 Å². The zero-order valence-electron chi connectivity index (χ0n) is 15.7. The van der Waals surface area contributed by atoms with Crippen LogP contribution in [0.3, 0.4) is 0 Å². The summed E-state index contributed by atoms with van der Waals surface area (Å²) in [6.45, 7) is 13.6. The number of carbonyl (C=O) groups excluding carboxylic acids is 2. The highest BCUT2D eigenvalue weighted by atomic mass is 16.2. The van der Waals surface area contributed by atoms with E-state index in [0.717, 1.165) is 25.9 Å². The molecule has 24 heavy (non-hydrogen) atoms. The summed E-state index contributed by atoms with van der Waals surface area (Å²) >= 11 is 0. The van der Waals surface area contributed by atoms with Gasteiger partial charge >= 0.3 is 0 Å². The Bertz CT molecular complexity index is 374. The predicted molar refractivity (Wildman–Crippen MR) is 99.8 cm³/mol. The normalized spacial score (nSPS) is 13.4. The number of unbranched alkanes of at least 4 members (excludes halogenated alkanes) is 1. The third-order valence-electron chi connectivity index (χ3n) is 4.19. The molecule has 2 atom stereocenters. The average molecular weight is 338 g/mol. The van der Waals surface area contributed by atoms with Gasteiger partial charge in [-0.05, 0) is 53.9 Å². The van der Waals surface area contributed by atoms with Crippen molar-refractivity contribution in [1.29, 1.82) is 0 Å². The van der Waals surface area contributed by atoms with Crippen LogP contribution in [0.2, 0.25) is 0 Å². The summed E-state index contributed by atoms with van der Waals surface area (Å²) in [6, 6.07) is -0.322. The first kappa shape index (κ1) is 22.3. The molecule has 0 spiro atoms. The molecule has 0 heterocycles. The second-order valence-electron chi connectivity index (χ2n) is 6.09. The van der Waals surface area contributed by atoms with Crippen LogP contribution in [0, 0.1) is 0 Å². The zero-order valence-corrected chi connectivity index (χ0v) is 15.7. The lowest BCUT2D eigenvalue weighted by Gasteiger charge is -2.26. The zero-order chi connectivity index (χ0) is 18.5. The summed E-state index contributed by atoms with van der Waals surface area (Å²) in [5, 5.41) is 5.61. The van der Waals surface area contributed by atoms with Crippen molar-refractivity contribution in [3.05, 3.63) is 25.3 Å². The van der Waals surface area contributed by atoms with Gasteiger partial charge in [-0.25, -0.2) is 0 Å². The molecule has 0 aromatic heterocycles. The summed E-state index contributed by atoms with van der Waals surface area (Å²) in [5.41, 5.74) is 0. The molecule has 0 aromatic rings. The minimum atomic E-state index is -0.161. The van der Waals surface area contributed by atoms with Crippen LogP contribution in [0.4, 0.5) is 0 Å². The van der Waals surface area contributed by atoms with Crippen molar-refractivity contribution in [2.45, 2.75) is 38.8 Å². The Balaban J connectivity index is 4.01. The average Bonchev–Trinajstić information content (AvgIpc) is 2.59. The second kappa shape index (κ2) is 12.7. The number of likely N-dealkylation sites (N-methyl/N-ethyl adjacent to an activating group) is 2. The first-order valence-corrected chi connectivity index (χ1v) is 8.52. The number of amides is 2. The van der Waals surface area contributed by atoms with Crippen molar-refractivity contribution in [2.75, 3.05) is 40.3 Å². The Morgan fingerprint density at radius 2 is 1.21 bits per heavy atom. The fourth-order valence-electron chi connectivity index (χ4n) is 2.15. The van der Waals surface area contributed by atoms with Crippen LogP contribution in [0.15, 0.2) is 25.3 Å². The van der Waals surface area contributed by atoms with E-state index >= 15 is 0 Å². The summed E-state index contributed by atoms with van der Waals surface area (Å²) < 4.78 is 0. The van der Waals surface area contributed by atoms with E-state index in [9.17, 15) is 9.59 Å². The van der Waals surface area contributed by atoms with Gasteiger partial charge in [0.15, 0.2) is 0 Å². The van der Waals surface area contributed by atoms with Crippen LogP contribution < -0.4 is 10.6 Å². The molecule has 0 bridgehead atoms. The molecule has 0 aliphatic rings. The van der Waals surface area contributed by atoms with Gasteiger partial charge in [-0.3, -0.25) is 19.4 Å². The van der Waals surface area contributed by atoms with Gasteiger partial charge in [0.25, 0.3) is 0 Å². The molecular weight excluding hydrogens is 304 g/mol. The fraction of sp³-hybridized carbons (Fsp3) is 0.667. The minimum absolute atomic E-state index is 0.0158. The van der Waals surface area contributed by atoms with Gasteiger partial charge in [0, 0.05) is 13.1 Å². The van der Waals surface area contributed by atoms with Crippen LogP contribution in [-0.4, -0.2) is 74.0 Å². The molecule has 2 amide bonds. The van der Waals surface area contributed by atoms with E-state index in [1.807, 2.05) is 37.7 Å². The topological polar surface area (TPSA) is 64.7 Å². The quantitative estimate of drug-likeness (QED) is 0.389. The van der Waals surface area contributed by atoms with Crippen molar-refractivity contribution >= 4 is 11.8 Å². The highest BCUT2D eigenvalue weighted by Crippen LogP contribution is 2.03. The largest absolute Gasteiger partial charge is 0.351 e. The Morgan fingerprint density at radius 1 is 0.875 bits per heavy atom. The van der Waals surface area contributed by atoms with Crippen LogP contribution >= 0.6 is 0 Å². The molecule has 6 heteroatoms. The Hall–Kier alpha value is -1.66. The van der Waals surface area contributed by atoms with Crippen LogP contribution in [0.25, 0.3) is 0 Å². The van der Waals surface area contributed by atoms with Crippen LogP contribution in [0.5, 0.6) is 0 Å². The monoisotopic (exact) mass is 338 g/mol. The van der Waals surface area contributed by atoms with Gasteiger partial charge in [0.2, 0.25) is 11.8 Å². The maximum Gasteiger partial charge on any atom is 0.237 e. The molecule has 138 valence electrons. The maximum atomic E-state index is 11.9. The van der Waals surface area contributed by atoms with E-state index in [0.29, 0.717) is 13.1 Å². The summed E-state index contributed by atoms with van der Waals surface area (Å²) in [5.74, 6) is 0.0315. The van der Waals surface area contributed by atoms with Crippen molar-refractivity contribution in [2.24, 2.45) is 0 Å². The summed E-state index contributed by atoms with van der Waals surface area (Å²) in [4.78, 5) is 27.8. The molecule has 0 rings (SSSR count). The van der Waals surface area contributed by atoms with Gasteiger partial charge in [-0.2, -0.15) is 0 Å². The van der Waals surface area contributed by atoms with Gasteiger partial charge in [-0.15, -0.1) is 13.2 Å². The van der Waals surface area contributed by atoms with E-state index in [2.05, 4.69) is 23.8 Å². The van der Waals surface area contributed by atoms with E-state index in [4.69, 9.17) is 0 Å². The van der Waals surface area contributed by atoms with E-state index in [-0.39, 0.29) is 23.9 Å². The maximum absolute atomic E-state index is 11.9. The Kier molecular flexibility index (Phi) is 11.8. The van der Waals surface area contributed by atoms with E-state index in [1.165, 1.54) is 0 Å². The number of nitrogens with zero attached hydrogens (tertiary/aromatic N) is 2. The van der Waals surface area contributed by atoms with E-state index in [1.54, 1.807) is 12.2 Å². The number of hydrogen-bond donors (Lipinski definition) is 2. The van der Waals surface area contributed by atoms with Gasteiger partial charge < -0.3 is 10.6 Å². The lowest BCUT2D eigenvalue weighted by molar-refractivity contribution is -0.126. The smallest absolute Gasteiger partial charge is 0.237 e. The molecule has 2 N–H and O–H groups in total. The number of nitrogens with one attached hydrogen (secondary N) is 2. The standard InChI is InChI=1S/C18H34N4O2/c1-7-11-19-17(23)15(3)21(5)13-9-10-14-22(6)16(4)18(24)20-12-8-2/h7-8,15-16H,1-2,9-14H2,3-6H3,(H,19,23)(H,20,24). The lowest BCUT2D eigenvalue weighted by Crippen LogP contribution is -2.44. The molecule has 6 nitrogen and oxygen atoms in total. The first-order valence-electron chi connectivity index (χ1n) is 8.52. The lowest BCUT2D eigenvalue weighted by atomic mass is 10.2. The molecule has 0 aliphatic carbocycles. The van der Waals surface area contributed by atoms with E-state index < -0.39 is 0 Å². The fourth-order valence-corrected chi connectivity index (χ4v) is 2.15. The minimum Gasteiger partial charge on any atom is -0.351 e. The van der Waals surface area contributed by atoms with Crippen molar-refractivity contribution in [1.82, 2.24) is 20.4 Å². The highest BCUT2D eigenvalue weighted by Gasteiger charge is 2.18. The van der Waals surface area contributed by atoms with Crippen molar-refractivity contribution in [3.63, 3.8) is 0 Å². The first-order chi connectivity index (χ1) is 11.3. The molecule has 0 fully saturated rings. The van der Waals surface area contributed by atoms with Gasteiger partial charge in [0.05, 0.1) is 12.1 Å².